The van der Waals surface area contributed by atoms with Crippen molar-refractivity contribution in [3.63, 3.8) is 0 Å². The highest BCUT2D eigenvalue weighted by Crippen LogP contribution is 2.21. The van der Waals surface area contributed by atoms with Crippen molar-refractivity contribution in [3.05, 3.63) is 28.8 Å². The molecule has 112 valence electrons. The number of aromatic carboxylic acids is 1. The van der Waals surface area contributed by atoms with Crippen LogP contribution < -0.4 is 4.72 Å². The summed E-state index contributed by atoms with van der Waals surface area (Å²) in [4.78, 5) is 10.8. The van der Waals surface area contributed by atoms with Crippen LogP contribution in [0.4, 0.5) is 0 Å². The minimum Gasteiger partial charge on any atom is -0.478 e. The van der Waals surface area contributed by atoms with Crippen molar-refractivity contribution < 1.29 is 18.3 Å². The van der Waals surface area contributed by atoms with Crippen LogP contribution in [0.3, 0.4) is 0 Å². The van der Waals surface area contributed by atoms with Crippen molar-refractivity contribution in [2.24, 2.45) is 5.92 Å². The first-order chi connectivity index (χ1) is 9.27. The SMILES string of the molecule is CSCC(C)CNS(=O)(=O)c1ccc(C(=O)O)c(Cl)c1. The molecule has 0 saturated heterocycles. The molecule has 0 aromatic heterocycles. The van der Waals surface area contributed by atoms with Gasteiger partial charge in [0, 0.05) is 6.54 Å². The number of hydrogen-bond acceptors (Lipinski definition) is 4. The van der Waals surface area contributed by atoms with Gasteiger partial charge in [-0.3, -0.25) is 0 Å². The molecular weight excluding hydrogens is 322 g/mol. The molecule has 1 aromatic rings. The number of nitrogens with one attached hydrogen (secondary N) is 1. The average Bonchev–Trinajstić information content (AvgIpc) is 2.36. The van der Waals surface area contributed by atoms with E-state index in [-0.39, 0.29) is 21.4 Å². The second kappa shape index (κ2) is 7.31. The summed E-state index contributed by atoms with van der Waals surface area (Å²) in [7, 11) is -3.68. The quantitative estimate of drug-likeness (QED) is 0.797. The Morgan fingerprint density at radius 2 is 2.15 bits per heavy atom. The van der Waals surface area contributed by atoms with E-state index in [1.54, 1.807) is 11.8 Å². The average molecular weight is 338 g/mol. The van der Waals surface area contributed by atoms with Gasteiger partial charge in [-0.15, -0.1) is 0 Å². The Labute approximate surface area is 127 Å². The van der Waals surface area contributed by atoms with Crippen molar-refractivity contribution in [2.75, 3.05) is 18.6 Å². The van der Waals surface area contributed by atoms with Crippen molar-refractivity contribution in [2.45, 2.75) is 11.8 Å². The van der Waals surface area contributed by atoms with Crippen molar-refractivity contribution >= 4 is 39.4 Å². The third-order valence-corrected chi connectivity index (χ3v) is 5.19. The van der Waals surface area contributed by atoms with Crippen LogP contribution in [0.2, 0.25) is 5.02 Å². The van der Waals surface area contributed by atoms with Gasteiger partial charge in [-0.05, 0) is 36.1 Å². The Morgan fingerprint density at radius 3 is 2.65 bits per heavy atom. The molecule has 0 aliphatic carbocycles. The Morgan fingerprint density at radius 1 is 1.50 bits per heavy atom. The molecule has 2 N–H and O–H groups in total. The van der Waals surface area contributed by atoms with Crippen LogP contribution in [0.5, 0.6) is 0 Å². The fraction of sp³-hybridized carbons (Fsp3) is 0.417. The van der Waals surface area contributed by atoms with E-state index < -0.39 is 16.0 Å². The first-order valence-electron chi connectivity index (χ1n) is 5.79. The molecule has 1 unspecified atom stereocenters. The van der Waals surface area contributed by atoms with Crippen molar-refractivity contribution in [1.29, 1.82) is 0 Å². The predicted octanol–water partition coefficient (Wildman–Crippen LogP) is 2.32. The van der Waals surface area contributed by atoms with Gasteiger partial charge in [0.05, 0.1) is 15.5 Å². The van der Waals surface area contributed by atoms with Gasteiger partial charge < -0.3 is 5.11 Å². The second-order valence-corrected chi connectivity index (χ2v) is 7.44. The van der Waals surface area contributed by atoms with E-state index in [0.717, 1.165) is 11.8 Å². The minimum atomic E-state index is -3.68. The molecule has 1 atom stereocenters. The van der Waals surface area contributed by atoms with Crippen LogP contribution in [-0.4, -0.2) is 38.0 Å². The number of benzene rings is 1. The van der Waals surface area contributed by atoms with Gasteiger partial charge in [0.2, 0.25) is 10.0 Å². The fourth-order valence-corrected chi connectivity index (χ4v) is 3.72. The Bertz CT molecular complexity index is 589. The molecule has 1 aromatic carbocycles. The summed E-state index contributed by atoms with van der Waals surface area (Å²) in [6, 6.07) is 3.56. The number of carboxylic acid groups (broad SMARTS) is 1. The Balaban J connectivity index is 2.88. The molecule has 0 radical (unpaired) electrons. The van der Waals surface area contributed by atoms with Gasteiger partial charge in [0.25, 0.3) is 0 Å². The number of hydrogen-bond donors (Lipinski definition) is 2. The number of carboxylic acids is 1. The summed E-state index contributed by atoms with van der Waals surface area (Å²) in [6.07, 6.45) is 1.95. The Kier molecular flexibility index (Phi) is 6.32. The van der Waals surface area contributed by atoms with E-state index in [1.807, 2.05) is 13.2 Å². The lowest BCUT2D eigenvalue weighted by molar-refractivity contribution is 0.0697. The maximum Gasteiger partial charge on any atom is 0.337 e. The van der Waals surface area contributed by atoms with E-state index in [9.17, 15) is 13.2 Å². The second-order valence-electron chi connectivity index (χ2n) is 4.36. The standard InChI is InChI=1S/C12H16ClNO4S2/c1-8(7-19-2)6-14-20(17,18)9-3-4-10(12(15)16)11(13)5-9/h3-5,8,14H,6-7H2,1-2H3,(H,15,16). The normalized spacial score (nSPS) is 13.2. The van der Waals surface area contributed by atoms with Crippen LogP contribution in [0, 0.1) is 5.92 Å². The zero-order chi connectivity index (χ0) is 15.3. The monoisotopic (exact) mass is 337 g/mol. The van der Waals surface area contributed by atoms with E-state index in [1.165, 1.54) is 12.1 Å². The number of rotatable bonds is 7. The summed E-state index contributed by atoms with van der Waals surface area (Å²) in [6.45, 7) is 2.26. The maximum absolute atomic E-state index is 12.1. The smallest absolute Gasteiger partial charge is 0.337 e. The van der Waals surface area contributed by atoms with Gasteiger partial charge in [-0.25, -0.2) is 17.9 Å². The minimum absolute atomic E-state index is 0.0381. The van der Waals surface area contributed by atoms with Crippen LogP contribution >= 0.6 is 23.4 Å². The molecule has 1 rings (SSSR count). The molecule has 5 nitrogen and oxygen atoms in total. The first kappa shape index (κ1) is 17.3. The van der Waals surface area contributed by atoms with Crippen LogP contribution in [0.1, 0.15) is 17.3 Å². The van der Waals surface area contributed by atoms with Crippen molar-refractivity contribution in [1.82, 2.24) is 4.72 Å². The Hall–Kier alpha value is -0.760. The highest BCUT2D eigenvalue weighted by Gasteiger charge is 2.18. The molecule has 0 spiro atoms. The molecular formula is C12H16ClNO4S2. The number of carbonyl (C=O) groups is 1. The van der Waals surface area contributed by atoms with Gasteiger partial charge >= 0.3 is 5.97 Å². The molecule has 0 aliphatic rings. The lowest BCUT2D eigenvalue weighted by atomic mass is 10.2. The summed E-state index contributed by atoms with van der Waals surface area (Å²) >= 11 is 7.41. The summed E-state index contributed by atoms with van der Waals surface area (Å²) < 4.78 is 26.6. The molecule has 0 heterocycles. The lowest BCUT2D eigenvalue weighted by Gasteiger charge is -2.12. The van der Waals surface area contributed by atoms with Crippen LogP contribution in [0.25, 0.3) is 0 Å². The summed E-state index contributed by atoms with van der Waals surface area (Å²) in [5, 5.41) is 8.74. The third kappa shape index (κ3) is 4.66. The first-order valence-corrected chi connectivity index (χ1v) is 9.05. The highest BCUT2D eigenvalue weighted by molar-refractivity contribution is 7.98. The molecule has 0 fully saturated rings. The highest BCUT2D eigenvalue weighted by atomic mass is 35.5. The van der Waals surface area contributed by atoms with Crippen LogP contribution in [0.15, 0.2) is 23.1 Å². The molecule has 8 heteroatoms. The molecule has 0 aliphatic heterocycles. The van der Waals surface area contributed by atoms with E-state index in [4.69, 9.17) is 16.7 Å². The van der Waals surface area contributed by atoms with Gasteiger partial charge in [0.15, 0.2) is 0 Å². The predicted molar refractivity (Wildman–Crippen MR) is 81.1 cm³/mol. The number of halogens is 1. The van der Waals surface area contributed by atoms with Gasteiger partial charge in [0.1, 0.15) is 0 Å². The molecule has 0 amide bonds. The topological polar surface area (TPSA) is 83.5 Å². The maximum atomic E-state index is 12.1. The molecule has 0 bridgehead atoms. The molecule has 0 saturated carbocycles. The largest absolute Gasteiger partial charge is 0.478 e. The zero-order valence-corrected chi connectivity index (χ0v) is 13.5. The lowest BCUT2D eigenvalue weighted by Crippen LogP contribution is -2.29. The van der Waals surface area contributed by atoms with Gasteiger partial charge in [-0.1, -0.05) is 18.5 Å². The third-order valence-electron chi connectivity index (χ3n) is 2.55. The summed E-state index contributed by atoms with van der Waals surface area (Å²) in [5.74, 6) is -0.143. The van der Waals surface area contributed by atoms with Gasteiger partial charge in [-0.2, -0.15) is 11.8 Å². The van der Waals surface area contributed by atoms with E-state index in [0.29, 0.717) is 6.54 Å². The number of sulfonamides is 1. The molecule has 20 heavy (non-hydrogen) atoms. The number of thioether (sulfide) groups is 1. The van der Waals surface area contributed by atoms with E-state index >= 15 is 0 Å². The zero-order valence-electron chi connectivity index (χ0n) is 11.1. The van der Waals surface area contributed by atoms with Crippen LogP contribution in [-0.2, 0) is 10.0 Å². The van der Waals surface area contributed by atoms with E-state index in [2.05, 4.69) is 4.72 Å². The van der Waals surface area contributed by atoms with Crippen molar-refractivity contribution in [3.8, 4) is 0 Å². The summed E-state index contributed by atoms with van der Waals surface area (Å²) in [5.41, 5.74) is -0.124. The fourth-order valence-electron chi connectivity index (χ4n) is 1.52.